The number of nitrogens with one attached hydrogen (secondary N) is 2. The van der Waals surface area contributed by atoms with Crippen molar-refractivity contribution in [2.75, 3.05) is 6.54 Å². The van der Waals surface area contributed by atoms with E-state index in [-0.39, 0.29) is 0 Å². The second-order valence-corrected chi connectivity index (χ2v) is 6.94. The number of hydrogen-bond acceptors (Lipinski definition) is 4. The number of aromatic nitrogens is 2. The number of aliphatic hydroxyl groups is 1. The molecule has 2 aromatic heterocycles. The van der Waals surface area contributed by atoms with Crippen molar-refractivity contribution in [1.82, 2.24) is 15.5 Å². The fourth-order valence-electron chi connectivity index (χ4n) is 2.53. The highest BCUT2D eigenvalue weighted by Crippen LogP contribution is 2.25. The Hall–Kier alpha value is -1.95. The molecule has 120 valence electrons. The molecule has 0 aliphatic carbocycles. The molecule has 1 aromatic carbocycles. The van der Waals surface area contributed by atoms with Gasteiger partial charge in [-0.25, -0.2) is 0 Å². The Kier molecular flexibility index (Phi) is 4.61. The summed E-state index contributed by atoms with van der Waals surface area (Å²) in [5, 5.41) is 23.1. The monoisotopic (exact) mass is 327 g/mol. The van der Waals surface area contributed by atoms with Crippen LogP contribution >= 0.6 is 11.3 Å². The number of H-pyrrole nitrogens is 1. The van der Waals surface area contributed by atoms with Gasteiger partial charge in [0.05, 0.1) is 11.9 Å². The molecule has 3 N–H and O–H groups in total. The first-order valence-electron chi connectivity index (χ1n) is 7.62. The summed E-state index contributed by atoms with van der Waals surface area (Å²) in [5.41, 5.74) is 3.61. The molecule has 0 aliphatic rings. The third-order valence-corrected chi connectivity index (χ3v) is 5.02. The first kappa shape index (κ1) is 15.9. The molecule has 3 aromatic rings. The molecule has 0 spiro atoms. The summed E-state index contributed by atoms with van der Waals surface area (Å²) < 4.78 is 0. The second kappa shape index (κ2) is 6.66. The first-order chi connectivity index (χ1) is 11.1. The normalized spacial score (nSPS) is 13.9. The summed E-state index contributed by atoms with van der Waals surface area (Å²) in [4.78, 5) is 0.968. The molecule has 1 unspecified atom stereocenters. The minimum atomic E-state index is -0.859. The number of rotatable bonds is 6. The third kappa shape index (κ3) is 3.69. The molecule has 2 heterocycles. The smallest absolute Gasteiger partial charge is 0.108 e. The van der Waals surface area contributed by atoms with Crippen LogP contribution in [0, 0.1) is 6.92 Å². The Morgan fingerprint density at radius 1 is 1.26 bits per heavy atom. The largest absolute Gasteiger partial charge is 0.383 e. The van der Waals surface area contributed by atoms with E-state index in [4.69, 9.17) is 0 Å². The van der Waals surface area contributed by atoms with Crippen molar-refractivity contribution in [3.63, 3.8) is 0 Å². The van der Waals surface area contributed by atoms with Gasteiger partial charge in [-0.05, 0) is 30.9 Å². The quantitative estimate of drug-likeness (QED) is 0.650. The van der Waals surface area contributed by atoms with Crippen molar-refractivity contribution in [2.45, 2.75) is 26.0 Å². The lowest BCUT2D eigenvalue weighted by Gasteiger charge is -2.22. The lowest BCUT2D eigenvalue weighted by molar-refractivity contribution is 0.0604. The molecule has 4 nitrogen and oxygen atoms in total. The molecule has 0 saturated heterocycles. The maximum Gasteiger partial charge on any atom is 0.108 e. The van der Waals surface area contributed by atoms with E-state index in [0.29, 0.717) is 13.1 Å². The van der Waals surface area contributed by atoms with Crippen molar-refractivity contribution in [3.8, 4) is 11.3 Å². The summed E-state index contributed by atoms with van der Waals surface area (Å²) in [6.07, 6.45) is 1.84. The Balaban J connectivity index is 1.66. The predicted molar refractivity (Wildman–Crippen MR) is 94.4 cm³/mol. The molecule has 0 radical (unpaired) electrons. The summed E-state index contributed by atoms with van der Waals surface area (Å²) in [6, 6.07) is 12.3. The summed E-state index contributed by atoms with van der Waals surface area (Å²) in [6.45, 7) is 5.06. The van der Waals surface area contributed by atoms with E-state index >= 15 is 0 Å². The number of hydrogen-bond donors (Lipinski definition) is 3. The van der Waals surface area contributed by atoms with Gasteiger partial charge >= 0.3 is 0 Å². The third-order valence-electron chi connectivity index (χ3n) is 3.89. The van der Waals surface area contributed by atoms with E-state index in [9.17, 15) is 5.11 Å². The molecule has 1 atom stereocenters. The highest BCUT2D eigenvalue weighted by Gasteiger charge is 2.23. The Morgan fingerprint density at radius 3 is 2.74 bits per heavy atom. The zero-order chi connectivity index (χ0) is 16.3. The van der Waals surface area contributed by atoms with Crippen LogP contribution < -0.4 is 5.32 Å². The fourth-order valence-corrected chi connectivity index (χ4v) is 3.31. The zero-order valence-electron chi connectivity index (χ0n) is 13.3. The van der Waals surface area contributed by atoms with Crippen LogP contribution in [0.4, 0.5) is 0 Å². The molecule has 0 aliphatic heterocycles. The maximum absolute atomic E-state index is 10.5. The topological polar surface area (TPSA) is 60.9 Å². The lowest BCUT2D eigenvalue weighted by Crippen LogP contribution is -2.34. The molecule has 23 heavy (non-hydrogen) atoms. The Labute approximate surface area is 140 Å². The van der Waals surface area contributed by atoms with Gasteiger partial charge in [-0.3, -0.25) is 5.10 Å². The van der Waals surface area contributed by atoms with Gasteiger partial charge in [0, 0.05) is 23.5 Å². The van der Waals surface area contributed by atoms with Crippen molar-refractivity contribution >= 4 is 11.3 Å². The minimum Gasteiger partial charge on any atom is -0.383 e. The lowest BCUT2D eigenvalue weighted by atomic mass is 10.0. The first-order valence-corrected chi connectivity index (χ1v) is 8.50. The molecule has 0 fully saturated rings. The van der Waals surface area contributed by atoms with E-state index in [1.807, 2.05) is 30.6 Å². The average Bonchev–Trinajstić information content (AvgIpc) is 3.19. The van der Waals surface area contributed by atoms with Crippen LogP contribution in [0.15, 0.2) is 48.0 Å². The van der Waals surface area contributed by atoms with Gasteiger partial charge in [-0.2, -0.15) is 5.10 Å². The Bertz CT molecular complexity index is 745. The van der Waals surface area contributed by atoms with Crippen LogP contribution in [0.5, 0.6) is 0 Å². The highest BCUT2D eigenvalue weighted by molar-refractivity contribution is 7.10. The molecule has 0 saturated carbocycles. The van der Waals surface area contributed by atoms with E-state index in [0.717, 1.165) is 21.7 Å². The van der Waals surface area contributed by atoms with Gasteiger partial charge in [0.25, 0.3) is 0 Å². The maximum atomic E-state index is 10.5. The number of nitrogens with zero attached hydrogens (tertiary/aromatic N) is 1. The molecule has 3 rings (SSSR count). The number of aromatic amines is 1. The van der Waals surface area contributed by atoms with Gasteiger partial charge in [0.2, 0.25) is 0 Å². The van der Waals surface area contributed by atoms with Gasteiger partial charge in [0.1, 0.15) is 5.60 Å². The van der Waals surface area contributed by atoms with Crippen LogP contribution in [0.2, 0.25) is 0 Å². The van der Waals surface area contributed by atoms with Gasteiger partial charge in [-0.1, -0.05) is 35.9 Å². The molecular formula is C18H21N3OS. The fraction of sp³-hybridized carbons (Fsp3) is 0.278. The van der Waals surface area contributed by atoms with Crippen LogP contribution in [0.25, 0.3) is 11.3 Å². The van der Waals surface area contributed by atoms with Crippen molar-refractivity contribution < 1.29 is 5.11 Å². The Morgan fingerprint density at radius 2 is 2.04 bits per heavy atom. The van der Waals surface area contributed by atoms with E-state index in [1.54, 1.807) is 11.3 Å². The SMILES string of the molecule is Cc1ccc(-c2[nH]ncc2CNCC(C)(O)c2cccs2)cc1. The standard InChI is InChI=1S/C18H21N3OS/c1-13-5-7-14(8-6-13)17-15(11-20-21-17)10-19-12-18(2,22)16-4-3-9-23-16/h3-9,11,19,22H,10,12H2,1-2H3,(H,20,21). The summed E-state index contributed by atoms with van der Waals surface area (Å²) in [5.74, 6) is 0. The summed E-state index contributed by atoms with van der Waals surface area (Å²) in [7, 11) is 0. The zero-order valence-corrected chi connectivity index (χ0v) is 14.2. The predicted octanol–water partition coefficient (Wildman–Crippen LogP) is 3.44. The van der Waals surface area contributed by atoms with Crippen molar-refractivity contribution in [2.24, 2.45) is 0 Å². The van der Waals surface area contributed by atoms with E-state index in [1.165, 1.54) is 5.56 Å². The van der Waals surface area contributed by atoms with Gasteiger partial charge in [0.15, 0.2) is 0 Å². The minimum absolute atomic E-state index is 0.492. The van der Waals surface area contributed by atoms with Crippen LogP contribution in [0.3, 0.4) is 0 Å². The average molecular weight is 327 g/mol. The number of aryl methyl sites for hydroxylation is 1. The van der Waals surface area contributed by atoms with Gasteiger partial charge in [-0.15, -0.1) is 11.3 Å². The van der Waals surface area contributed by atoms with Crippen LogP contribution in [-0.2, 0) is 12.1 Å². The number of thiophene rings is 1. The highest BCUT2D eigenvalue weighted by atomic mass is 32.1. The van der Waals surface area contributed by atoms with Gasteiger partial charge < -0.3 is 10.4 Å². The van der Waals surface area contributed by atoms with Crippen LogP contribution in [0.1, 0.15) is 22.9 Å². The summed E-state index contributed by atoms with van der Waals surface area (Å²) >= 11 is 1.57. The van der Waals surface area contributed by atoms with E-state index in [2.05, 4.69) is 46.7 Å². The second-order valence-electron chi connectivity index (χ2n) is 5.99. The number of benzene rings is 1. The van der Waals surface area contributed by atoms with Crippen LogP contribution in [-0.4, -0.2) is 21.8 Å². The van der Waals surface area contributed by atoms with Crippen molar-refractivity contribution in [1.29, 1.82) is 0 Å². The molecule has 0 amide bonds. The molecule has 0 bridgehead atoms. The van der Waals surface area contributed by atoms with E-state index < -0.39 is 5.60 Å². The van der Waals surface area contributed by atoms with Crippen molar-refractivity contribution in [3.05, 3.63) is 64.0 Å². The molecular weight excluding hydrogens is 306 g/mol. The molecule has 5 heteroatoms.